The summed E-state index contributed by atoms with van der Waals surface area (Å²) < 4.78 is 2.07. The zero-order chi connectivity index (χ0) is 15.4. The van der Waals surface area contributed by atoms with E-state index in [0.29, 0.717) is 5.92 Å². The molecule has 4 nitrogen and oxygen atoms in total. The quantitative estimate of drug-likeness (QED) is 0.826. The van der Waals surface area contributed by atoms with Crippen LogP contribution in [0.3, 0.4) is 0 Å². The molecule has 0 bridgehead atoms. The maximum Gasteiger partial charge on any atom is 0.138 e. The average molecular weight is 286 g/mol. The first-order chi connectivity index (χ1) is 10.0. The third kappa shape index (κ3) is 3.70. The molecule has 0 saturated carbocycles. The van der Waals surface area contributed by atoms with E-state index in [1.54, 1.807) is 0 Å². The smallest absolute Gasteiger partial charge is 0.138 e. The van der Waals surface area contributed by atoms with Crippen molar-refractivity contribution in [1.29, 1.82) is 0 Å². The van der Waals surface area contributed by atoms with E-state index in [1.165, 1.54) is 5.56 Å². The summed E-state index contributed by atoms with van der Waals surface area (Å²) in [5, 5.41) is 3.46. The number of nitrogens with one attached hydrogen (secondary N) is 1. The van der Waals surface area contributed by atoms with Gasteiger partial charge in [0.15, 0.2) is 0 Å². The molecule has 0 aliphatic carbocycles. The molecule has 21 heavy (non-hydrogen) atoms. The van der Waals surface area contributed by atoms with Crippen LogP contribution in [0.5, 0.6) is 0 Å². The molecule has 0 radical (unpaired) electrons. The molecule has 4 heteroatoms. The number of hydrogen-bond acceptors (Lipinski definition) is 3. The van der Waals surface area contributed by atoms with Crippen LogP contribution in [0.4, 0.5) is 0 Å². The molecule has 0 fully saturated rings. The van der Waals surface area contributed by atoms with Gasteiger partial charge in [-0.3, -0.25) is 4.57 Å². The number of imidazole rings is 1. The van der Waals surface area contributed by atoms with Crippen molar-refractivity contribution in [2.24, 2.45) is 0 Å². The zero-order valence-electron chi connectivity index (χ0n) is 13.8. The fraction of sp³-hybridized carbons (Fsp3) is 0.529. The van der Waals surface area contributed by atoms with Gasteiger partial charge in [-0.05, 0) is 50.4 Å². The second-order valence-corrected chi connectivity index (χ2v) is 5.88. The SMILES string of the molecule is CCCNCc1cc(C(C)C)nc(-n2cnc(C)c2C)c1. The Kier molecular flexibility index (Phi) is 5.12. The largest absolute Gasteiger partial charge is 0.313 e. The van der Waals surface area contributed by atoms with Crippen molar-refractivity contribution in [2.75, 3.05) is 6.54 Å². The van der Waals surface area contributed by atoms with Crippen LogP contribution < -0.4 is 5.32 Å². The molecule has 0 amide bonds. The second kappa shape index (κ2) is 6.85. The molecule has 2 rings (SSSR count). The third-order valence-electron chi connectivity index (χ3n) is 3.74. The third-order valence-corrected chi connectivity index (χ3v) is 3.74. The number of aromatic nitrogens is 3. The number of hydrogen-bond donors (Lipinski definition) is 1. The molecule has 0 aliphatic heterocycles. The summed E-state index contributed by atoms with van der Waals surface area (Å²) in [6, 6.07) is 4.36. The average Bonchev–Trinajstić information content (AvgIpc) is 2.79. The summed E-state index contributed by atoms with van der Waals surface area (Å²) >= 11 is 0. The minimum atomic E-state index is 0.416. The van der Waals surface area contributed by atoms with Crippen LogP contribution in [-0.2, 0) is 6.54 Å². The highest BCUT2D eigenvalue weighted by Crippen LogP contribution is 2.19. The summed E-state index contributed by atoms with van der Waals surface area (Å²) in [7, 11) is 0. The Labute approximate surface area is 127 Å². The Morgan fingerprint density at radius 3 is 2.57 bits per heavy atom. The lowest BCUT2D eigenvalue weighted by atomic mass is 10.1. The van der Waals surface area contributed by atoms with E-state index in [-0.39, 0.29) is 0 Å². The van der Waals surface area contributed by atoms with Gasteiger partial charge < -0.3 is 5.32 Å². The van der Waals surface area contributed by atoms with Gasteiger partial charge in [0.2, 0.25) is 0 Å². The minimum Gasteiger partial charge on any atom is -0.313 e. The van der Waals surface area contributed by atoms with Gasteiger partial charge in [0.1, 0.15) is 12.1 Å². The van der Waals surface area contributed by atoms with Gasteiger partial charge in [-0.25, -0.2) is 9.97 Å². The normalized spacial score (nSPS) is 11.3. The highest BCUT2D eigenvalue weighted by molar-refractivity contribution is 5.34. The lowest BCUT2D eigenvalue weighted by molar-refractivity contribution is 0.671. The van der Waals surface area contributed by atoms with E-state index in [0.717, 1.165) is 42.4 Å². The maximum atomic E-state index is 4.80. The molecule has 0 atom stereocenters. The summed E-state index contributed by atoms with van der Waals surface area (Å²) in [5.74, 6) is 1.38. The van der Waals surface area contributed by atoms with Crippen molar-refractivity contribution in [1.82, 2.24) is 19.9 Å². The molecule has 1 N–H and O–H groups in total. The number of nitrogens with zero attached hydrogens (tertiary/aromatic N) is 3. The van der Waals surface area contributed by atoms with Crippen LogP contribution in [0.15, 0.2) is 18.5 Å². The van der Waals surface area contributed by atoms with Crippen molar-refractivity contribution >= 4 is 0 Å². The number of aryl methyl sites for hydroxylation is 1. The number of pyridine rings is 1. The molecular weight excluding hydrogens is 260 g/mol. The Balaban J connectivity index is 2.38. The van der Waals surface area contributed by atoms with Gasteiger partial charge in [-0.2, -0.15) is 0 Å². The van der Waals surface area contributed by atoms with Crippen LogP contribution in [0.1, 0.15) is 55.8 Å². The highest BCUT2D eigenvalue weighted by atomic mass is 15.1. The van der Waals surface area contributed by atoms with Gasteiger partial charge in [-0.15, -0.1) is 0 Å². The monoisotopic (exact) mass is 286 g/mol. The summed E-state index contributed by atoms with van der Waals surface area (Å²) in [6.45, 7) is 12.6. The van der Waals surface area contributed by atoms with Crippen molar-refractivity contribution in [3.63, 3.8) is 0 Å². The Morgan fingerprint density at radius 2 is 2.00 bits per heavy atom. The van der Waals surface area contributed by atoms with Crippen LogP contribution in [0.25, 0.3) is 5.82 Å². The molecule has 2 heterocycles. The first-order valence-corrected chi connectivity index (χ1v) is 7.75. The Hall–Kier alpha value is -1.68. The summed E-state index contributed by atoms with van der Waals surface area (Å²) in [5.41, 5.74) is 4.61. The van der Waals surface area contributed by atoms with Gasteiger partial charge in [0.25, 0.3) is 0 Å². The lowest BCUT2D eigenvalue weighted by Gasteiger charge is -2.13. The van der Waals surface area contributed by atoms with E-state index >= 15 is 0 Å². The molecular formula is C17H26N4. The van der Waals surface area contributed by atoms with Gasteiger partial charge in [0, 0.05) is 17.9 Å². The zero-order valence-corrected chi connectivity index (χ0v) is 13.8. The highest BCUT2D eigenvalue weighted by Gasteiger charge is 2.10. The van der Waals surface area contributed by atoms with Crippen LogP contribution >= 0.6 is 0 Å². The summed E-state index contributed by atoms with van der Waals surface area (Å²) in [4.78, 5) is 9.18. The fourth-order valence-corrected chi connectivity index (χ4v) is 2.25. The molecule has 0 unspecified atom stereocenters. The van der Waals surface area contributed by atoms with Gasteiger partial charge in [0.05, 0.1) is 5.69 Å². The second-order valence-electron chi connectivity index (χ2n) is 5.88. The first-order valence-electron chi connectivity index (χ1n) is 7.75. The van der Waals surface area contributed by atoms with E-state index in [4.69, 9.17) is 4.98 Å². The lowest BCUT2D eigenvalue weighted by Crippen LogP contribution is -2.15. The standard InChI is InChI=1S/C17H26N4/c1-6-7-18-10-15-8-16(12(2)3)20-17(9-15)21-11-19-13(4)14(21)5/h8-9,11-12,18H,6-7,10H2,1-5H3. The van der Waals surface area contributed by atoms with Crippen LogP contribution in [0.2, 0.25) is 0 Å². The van der Waals surface area contributed by atoms with E-state index in [9.17, 15) is 0 Å². The predicted molar refractivity (Wildman–Crippen MR) is 86.9 cm³/mol. The van der Waals surface area contributed by atoms with Crippen molar-refractivity contribution in [3.05, 3.63) is 41.1 Å². The molecule has 114 valence electrons. The fourth-order valence-electron chi connectivity index (χ4n) is 2.25. The van der Waals surface area contributed by atoms with Crippen molar-refractivity contribution < 1.29 is 0 Å². The Morgan fingerprint density at radius 1 is 1.24 bits per heavy atom. The molecule has 2 aromatic rings. The van der Waals surface area contributed by atoms with E-state index < -0.39 is 0 Å². The van der Waals surface area contributed by atoms with E-state index in [1.807, 2.05) is 13.3 Å². The minimum absolute atomic E-state index is 0.416. The molecule has 0 aromatic carbocycles. The maximum absolute atomic E-state index is 4.80. The first kappa shape index (κ1) is 15.7. The summed E-state index contributed by atoms with van der Waals surface area (Å²) in [6.07, 6.45) is 3.01. The van der Waals surface area contributed by atoms with Crippen molar-refractivity contribution in [2.45, 2.75) is 53.5 Å². The molecule has 0 saturated heterocycles. The predicted octanol–water partition coefficient (Wildman–Crippen LogP) is 3.51. The topological polar surface area (TPSA) is 42.7 Å². The Bertz CT molecular complexity index is 599. The van der Waals surface area contributed by atoms with Gasteiger partial charge in [-0.1, -0.05) is 20.8 Å². The molecule has 0 spiro atoms. The molecule has 0 aliphatic rings. The van der Waals surface area contributed by atoms with Crippen LogP contribution in [-0.4, -0.2) is 21.1 Å². The van der Waals surface area contributed by atoms with Crippen LogP contribution in [0, 0.1) is 13.8 Å². The molecule has 2 aromatic heterocycles. The van der Waals surface area contributed by atoms with E-state index in [2.05, 4.69) is 54.7 Å². The number of rotatable bonds is 6. The van der Waals surface area contributed by atoms with Crippen molar-refractivity contribution in [3.8, 4) is 5.82 Å². The van der Waals surface area contributed by atoms with Gasteiger partial charge >= 0.3 is 0 Å².